The molecule has 1 aliphatic heterocycles. The van der Waals surface area contributed by atoms with Crippen LogP contribution >= 0.6 is 0 Å². The number of aromatic nitrogens is 2. The Labute approximate surface area is 189 Å². The van der Waals surface area contributed by atoms with Crippen LogP contribution in [0.2, 0.25) is 0 Å². The van der Waals surface area contributed by atoms with E-state index in [1.54, 1.807) is 7.11 Å². The van der Waals surface area contributed by atoms with Crippen molar-refractivity contribution in [2.75, 3.05) is 43.1 Å². The molecule has 0 bridgehead atoms. The lowest BCUT2D eigenvalue weighted by molar-refractivity contribution is 0.0371. The molecule has 1 saturated heterocycles. The number of ether oxygens (including phenoxy) is 2. The first kappa shape index (κ1) is 21.9. The third-order valence-electron chi connectivity index (χ3n) is 5.81. The van der Waals surface area contributed by atoms with Crippen molar-refractivity contribution in [1.29, 1.82) is 0 Å². The van der Waals surface area contributed by atoms with Gasteiger partial charge < -0.3 is 19.3 Å². The van der Waals surface area contributed by atoms with Crippen LogP contribution in [0.25, 0.3) is 11.0 Å². The van der Waals surface area contributed by atoms with Gasteiger partial charge in [-0.3, -0.25) is 0 Å². The molecule has 32 heavy (non-hydrogen) atoms. The summed E-state index contributed by atoms with van der Waals surface area (Å²) in [6.07, 6.45) is -0.223. The molecule has 7 heteroatoms. The minimum Gasteiger partial charge on any atom is -0.497 e. The first-order chi connectivity index (χ1) is 15.4. The normalized spacial score (nSPS) is 14.2. The van der Waals surface area contributed by atoms with Gasteiger partial charge in [0.25, 0.3) is 0 Å². The van der Waals surface area contributed by atoms with Gasteiger partial charge in [-0.15, -0.1) is 0 Å². The van der Waals surface area contributed by atoms with Crippen LogP contribution in [0, 0.1) is 13.8 Å². The lowest BCUT2D eigenvalue weighted by atomic mass is 10.1. The van der Waals surface area contributed by atoms with Gasteiger partial charge in [-0.05, 0) is 75.2 Å². The number of carbonyl (C=O) groups excluding carboxylic acids is 1. The maximum atomic E-state index is 12.9. The number of esters is 1. The maximum Gasteiger partial charge on any atom is 0.361 e. The summed E-state index contributed by atoms with van der Waals surface area (Å²) in [5.41, 5.74) is 5.22. The van der Waals surface area contributed by atoms with Crippen LogP contribution in [-0.2, 0) is 4.74 Å². The molecule has 0 radical (unpaired) electrons. The van der Waals surface area contributed by atoms with Gasteiger partial charge in [0.15, 0.2) is 11.5 Å². The molecule has 1 fully saturated rings. The third kappa shape index (κ3) is 4.47. The summed E-state index contributed by atoms with van der Waals surface area (Å²) in [6.45, 7) is 10.9. The number of aryl methyl sites for hydroxylation is 2. The Bertz CT molecular complexity index is 1120. The largest absolute Gasteiger partial charge is 0.497 e. The van der Waals surface area contributed by atoms with E-state index in [2.05, 4.69) is 28.9 Å². The van der Waals surface area contributed by atoms with Crippen LogP contribution in [0.1, 0.15) is 35.5 Å². The molecule has 0 unspecified atom stereocenters. The second kappa shape index (κ2) is 9.02. The van der Waals surface area contributed by atoms with Crippen LogP contribution in [0.15, 0.2) is 36.4 Å². The Morgan fingerprint density at radius 2 is 1.47 bits per heavy atom. The summed E-state index contributed by atoms with van der Waals surface area (Å²) in [7, 11) is 1.67. The Morgan fingerprint density at radius 1 is 0.906 bits per heavy atom. The fourth-order valence-electron chi connectivity index (χ4n) is 3.90. The van der Waals surface area contributed by atoms with Crippen molar-refractivity contribution in [2.24, 2.45) is 0 Å². The van der Waals surface area contributed by atoms with E-state index in [-0.39, 0.29) is 11.8 Å². The highest BCUT2D eigenvalue weighted by atomic mass is 16.5. The Morgan fingerprint density at radius 3 is 2.03 bits per heavy atom. The molecule has 0 saturated carbocycles. The molecule has 0 spiro atoms. The molecule has 168 valence electrons. The molecule has 0 N–H and O–H groups in total. The lowest BCUT2D eigenvalue weighted by Gasteiger charge is -2.37. The highest BCUT2D eigenvalue weighted by Gasteiger charge is 2.26. The van der Waals surface area contributed by atoms with Gasteiger partial charge in [0.1, 0.15) is 5.75 Å². The van der Waals surface area contributed by atoms with E-state index >= 15 is 0 Å². The molecular formula is C25H30N4O3. The van der Waals surface area contributed by atoms with Gasteiger partial charge in [0.2, 0.25) is 0 Å². The predicted octanol–water partition coefficient (Wildman–Crippen LogP) is 4.15. The van der Waals surface area contributed by atoms with Crippen molar-refractivity contribution < 1.29 is 14.3 Å². The Hall–Kier alpha value is -3.35. The number of methoxy groups -OCH3 is 1. The second-order valence-electron chi connectivity index (χ2n) is 8.45. The number of piperazine rings is 1. The molecule has 1 aromatic heterocycles. The SMILES string of the molecule is COc1ccc(N2CCN(c3nc4cc(C)c(C)cc4nc3C(=O)OC(C)C)CC2)cc1. The number of hydrogen-bond donors (Lipinski definition) is 0. The quantitative estimate of drug-likeness (QED) is 0.559. The minimum absolute atomic E-state index is 0.223. The highest BCUT2D eigenvalue weighted by molar-refractivity contribution is 5.95. The standard InChI is InChI=1S/C25H30N4O3/c1-16(2)32-25(30)23-24(27-22-15-18(4)17(3)14-21(22)26-23)29-12-10-28(11-13-29)19-6-8-20(31-5)9-7-19/h6-9,14-16H,10-13H2,1-5H3. The third-order valence-corrected chi connectivity index (χ3v) is 5.81. The molecule has 0 amide bonds. The highest BCUT2D eigenvalue weighted by Crippen LogP contribution is 2.27. The van der Waals surface area contributed by atoms with Crippen molar-refractivity contribution in [2.45, 2.75) is 33.8 Å². The van der Waals surface area contributed by atoms with Crippen LogP contribution < -0.4 is 14.5 Å². The molecule has 7 nitrogen and oxygen atoms in total. The first-order valence-electron chi connectivity index (χ1n) is 11.0. The van der Waals surface area contributed by atoms with E-state index < -0.39 is 5.97 Å². The van der Waals surface area contributed by atoms with E-state index in [0.717, 1.165) is 54.3 Å². The molecule has 2 heterocycles. The van der Waals surface area contributed by atoms with E-state index in [0.29, 0.717) is 11.3 Å². The van der Waals surface area contributed by atoms with E-state index in [1.807, 2.05) is 45.0 Å². The van der Waals surface area contributed by atoms with Crippen molar-refractivity contribution in [1.82, 2.24) is 9.97 Å². The fourth-order valence-corrected chi connectivity index (χ4v) is 3.90. The Kier molecular flexibility index (Phi) is 6.17. The van der Waals surface area contributed by atoms with Crippen LogP contribution in [0.5, 0.6) is 5.75 Å². The average Bonchev–Trinajstić information content (AvgIpc) is 2.79. The second-order valence-corrected chi connectivity index (χ2v) is 8.45. The van der Waals surface area contributed by atoms with Crippen LogP contribution in [-0.4, -0.2) is 55.3 Å². The molecular weight excluding hydrogens is 404 g/mol. The topological polar surface area (TPSA) is 67.8 Å². The summed E-state index contributed by atoms with van der Waals surface area (Å²) < 4.78 is 10.8. The molecule has 3 aromatic rings. The summed E-state index contributed by atoms with van der Waals surface area (Å²) in [5, 5.41) is 0. The van der Waals surface area contributed by atoms with E-state index in [4.69, 9.17) is 19.4 Å². The number of benzene rings is 2. The van der Waals surface area contributed by atoms with Gasteiger partial charge >= 0.3 is 5.97 Å². The van der Waals surface area contributed by atoms with Gasteiger partial charge in [-0.25, -0.2) is 14.8 Å². The zero-order valence-electron chi connectivity index (χ0n) is 19.4. The zero-order valence-corrected chi connectivity index (χ0v) is 19.4. The van der Waals surface area contributed by atoms with Gasteiger partial charge in [0.05, 0.1) is 24.2 Å². The van der Waals surface area contributed by atoms with E-state index in [1.165, 1.54) is 0 Å². The summed E-state index contributed by atoms with van der Waals surface area (Å²) in [6, 6.07) is 12.1. The van der Waals surface area contributed by atoms with Gasteiger partial charge in [0, 0.05) is 31.9 Å². The summed E-state index contributed by atoms with van der Waals surface area (Å²) in [5.74, 6) is 1.01. The average molecular weight is 435 g/mol. The summed E-state index contributed by atoms with van der Waals surface area (Å²) in [4.78, 5) is 26.9. The Balaban J connectivity index is 1.63. The number of nitrogens with zero attached hydrogens (tertiary/aromatic N) is 4. The van der Waals surface area contributed by atoms with Crippen LogP contribution in [0.3, 0.4) is 0 Å². The molecule has 2 aromatic carbocycles. The number of carbonyl (C=O) groups is 1. The number of hydrogen-bond acceptors (Lipinski definition) is 7. The monoisotopic (exact) mass is 434 g/mol. The van der Waals surface area contributed by atoms with Crippen molar-refractivity contribution in [3.63, 3.8) is 0 Å². The number of fused-ring (bicyclic) bond motifs is 1. The molecule has 0 atom stereocenters. The zero-order chi connectivity index (χ0) is 22.8. The predicted molar refractivity (Wildman–Crippen MR) is 127 cm³/mol. The van der Waals surface area contributed by atoms with Crippen LogP contribution in [0.4, 0.5) is 11.5 Å². The molecule has 1 aliphatic rings. The lowest BCUT2D eigenvalue weighted by Crippen LogP contribution is -2.47. The smallest absolute Gasteiger partial charge is 0.361 e. The molecule has 4 rings (SSSR count). The number of anilines is 2. The van der Waals surface area contributed by atoms with Crippen molar-refractivity contribution >= 4 is 28.5 Å². The molecule has 0 aliphatic carbocycles. The maximum absolute atomic E-state index is 12.9. The van der Waals surface area contributed by atoms with E-state index in [9.17, 15) is 4.79 Å². The first-order valence-corrected chi connectivity index (χ1v) is 11.0. The van der Waals surface area contributed by atoms with Crippen molar-refractivity contribution in [3.05, 3.63) is 53.2 Å². The minimum atomic E-state index is -0.430. The van der Waals surface area contributed by atoms with Crippen molar-refractivity contribution in [3.8, 4) is 5.75 Å². The number of rotatable bonds is 5. The summed E-state index contributed by atoms with van der Waals surface area (Å²) >= 11 is 0. The van der Waals surface area contributed by atoms with Gasteiger partial charge in [-0.2, -0.15) is 0 Å². The fraction of sp³-hybridized carbons (Fsp3) is 0.400. The van der Waals surface area contributed by atoms with Gasteiger partial charge in [-0.1, -0.05) is 0 Å².